The van der Waals surface area contributed by atoms with E-state index < -0.39 is 24.5 Å². The number of ether oxygens (including phenoxy) is 2. The average molecular weight is 424 g/mol. The van der Waals surface area contributed by atoms with Crippen LogP contribution in [0.3, 0.4) is 0 Å². The number of benzene rings is 1. The molecule has 154 valence electrons. The molecule has 0 aliphatic heterocycles. The molecule has 0 radical (unpaired) electrons. The lowest BCUT2D eigenvalue weighted by Gasteiger charge is -2.07. The number of rotatable bonds is 7. The van der Waals surface area contributed by atoms with Crippen molar-refractivity contribution < 1.29 is 23.9 Å². The van der Waals surface area contributed by atoms with Crippen LogP contribution in [0.5, 0.6) is 0 Å². The SMILES string of the molecule is CCOC(=O)c1sc(-c2ccccc2)cc1NC(=O)COC(=O)c1ccc(C)nc1. The summed E-state index contributed by atoms with van der Waals surface area (Å²) in [6.45, 7) is 3.23. The van der Waals surface area contributed by atoms with E-state index in [4.69, 9.17) is 9.47 Å². The van der Waals surface area contributed by atoms with E-state index in [0.717, 1.165) is 16.1 Å². The van der Waals surface area contributed by atoms with Crippen LogP contribution in [-0.4, -0.2) is 36.0 Å². The van der Waals surface area contributed by atoms with Gasteiger partial charge in [0.25, 0.3) is 5.91 Å². The van der Waals surface area contributed by atoms with Crippen LogP contribution in [0.15, 0.2) is 54.7 Å². The van der Waals surface area contributed by atoms with Gasteiger partial charge in [0, 0.05) is 16.8 Å². The molecule has 0 spiro atoms. The third-order valence-corrected chi connectivity index (χ3v) is 5.17. The summed E-state index contributed by atoms with van der Waals surface area (Å²) in [5, 5.41) is 2.63. The van der Waals surface area contributed by atoms with E-state index in [9.17, 15) is 14.4 Å². The molecule has 2 heterocycles. The summed E-state index contributed by atoms with van der Waals surface area (Å²) < 4.78 is 10.1. The molecule has 2 aromatic heterocycles. The van der Waals surface area contributed by atoms with Crippen LogP contribution >= 0.6 is 11.3 Å². The summed E-state index contributed by atoms with van der Waals surface area (Å²) >= 11 is 1.22. The first-order chi connectivity index (χ1) is 14.5. The molecule has 1 amide bonds. The van der Waals surface area contributed by atoms with Gasteiger partial charge in [0.15, 0.2) is 6.61 Å². The molecular weight excluding hydrogens is 404 g/mol. The van der Waals surface area contributed by atoms with Crippen molar-refractivity contribution in [3.05, 3.63) is 70.9 Å². The van der Waals surface area contributed by atoms with Crippen molar-refractivity contribution in [1.82, 2.24) is 4.98 Å². The minimum Gasteiger partial charge on any atom is -0.462 e. The second-order valence-electron chi connectivity index (χ2n) is 6.25. The number of aromatic nitrogens is 1. The van der Waals surface area contributed by atoms with E-state index in [0.29, 0.717) is 5.69 Å². The van der Waals surface area contributed by atoms with E-state index in [2.05, 4.69) is 10.3 Å². The Hall–Kier alpha value is -3.52. The molecule has 0 fully saturated rings. The molecule has 0 aliphatic rings. The molecule has 0 unspecified atom stereocenters. The molecule has 0 bridgehead atoms. The minimum atomic E-state index is -0.654. The van der Waals surface area contributed by atoms with Gasteiger partial charge >= 0.3 is 11.9 Å². The Kier molecular flexibility index (Phi) is 6.92. The zero-order valence-corrected chi connectivity index (χ0v) is 17.3. The molecule has 7 nitrogen and oxygen atoms in total. The number of esters is 2. The lowest BCUT2D eigenvalue weighted by Crippen LogP contribution is -2.21. The van der Waals surface area contributed by atoms with Gasteiger partial charge in [-0.1, -0.05) is 30.3 Å². The number of pyridine rings is 1. The Bertz CT molecular complexity index is 1050. The van der Waals surface area contributed by atoms with Crippen LogP contribution in [0.25, 0.3) is 10.4 Å². The highest BCUT2D eigenvalue weighted by Crippen LogP contribution is 2.35. The fraction of sp³-hybridized carbons (Fsp3) is 0.182. The summed E-state index contributed by atoms with van der Waals surface area (Å²) in [7, 11) is 0. The predicted molar refractivity (Wildman–Crippen MR) is 114 cm³/mol. The molecule has 3 rings (SSSR count). The van der Waals surface area contributed by atoms with Gasteiger partial charge in [-0.05, 0) is 37.6 Å². The summed E-state index contributed by atoms with van der Waals surface area (Å²) in [5.41, 5.74) is 2.24. The van der Waals surface area contributed by atoms with Crippen molar-refractivity contribution in [3.8, 4) is 10.4 Å². The standard InChI is InChI=1S/C22H20N2O5S/c1-3-28-22(27)20-17(11-18(30-20)15-7-5-4-6-8-15)24-19(25)13-29-21(26)16-10-9-14(2)23-12-16/h4-12H,3,13H2,1-2H3,(H,24,25). The van der Waals surface area contributed by atoms with E-state index in [1.807, 2.05) is 30.3 Å². The van der Waals surface area contributed by atoms with Crippen LogP contribution in [-0.2, 0) is 14.3 Å². The van der Waals surface area contributed by atoms with Crippen LogP contribution in [0.2, 0.25) is 0 Å². The summed E-state index contributed by atoms with van der Waals surface area (Å²) in [5.74, 6) is -1.74. The van der Waals surface area contributed by atoms with E-state index in [1.165, 1.54) is 17.5 Å². The van der Waals surface area contributed by atoms with E-state index in [1.54, 1.807) is 32.0 Å². The number of nitrogens with zero attached hydrogens (tertiary/aromatic N) is 1. The van der Waals surface area contributed by atoms with Gasteiger partial charge in [-0.2, -0.15) is 0 Å². The molecule has 0 saturated carbocycles. The lowest BCUT2D eigenvalue weighted by molar-refractivity contribution is -0.119. The predicted octanol–water partition coefficient (Wildman–Crippen LogP) is 4.09. The summed E-state index contributed by atoms with van der Waals surface area (Å²) in [6, 6.07) is 14.4. The zero-order valence-electron chi connectivity index (χ0n) is 16.5. The number of anilines is 1. The van der Waals surface area contributed by atoms with Crippen LogP contribution in [0.1, 0.15) is 32.6 Å². The van der Waals surface area contributed by atoms with Crippen molar-refractivity contribution in [2.75, 3.05) is 18.5 Å². The lowest BCUT2D eigenvalue weighted by atomic mass is 10.2. The van der Waals surface area contributed by atoms with Crippen molar-refractivity contribution in [3.63, 3.8) is 0 Å². The van der Waals surface area contributed by atoms with Crippen molar-refractivity contribution in [1.29, 1.82) is 0 Å². The Balaban J connectivity index is 1.71. The maximum Gasteiger partial charge on any atom is 0.350 e. The molecule has 0 aliphatic carbocycles. The molecule has 8 heteroatoms. The number of nitrogens with one attached hydrogen (secondary N) is 1. The molecule has 3 aromatic rings. The van der Waals surface area contributed by atoms with Gasteiger partial charge in [-0.15, -0.1) is 11.3 Å². The molecule has 0 saturated heterocycles. The Morgan fingerprint density at radius 3 is 2.47 bits per heavy atom. The quantitative estimate of drug-likeness (QED) is 0.574. The topological polar surface area (TPSA) is 94.6 Å². The smallest absolute Gasteiger partial charge is 0.350 e. The third-order valence-electron chi connectivity index (χ3n) is 4.01. The molecule has 1 aromatic carbocycles. The highest BCUT2D eigenvalue weighted by molar-refractivity contribution is 7.18. The van der Waals surface area contributed by atoms with Gasteiger partial charge < -0.3 is 14.8 Å². The number of aryl methyl sites for hydroxylation is 1. The first-order valence-electron chi connectivity index (χ1n) is 9.24. The maximum absolute atomic E-state index is 12.3. The van der Waals surface area contributed by atoms with Crippen LogP contribution in [0.4, 0.5) is 5.69 Å². The number of hydrogen-bond acceptors (Lipinski definition) is 7. The summed E-state index contributed by atoms with van der Waals surface area (Å²) in [6.07, 6.45) is 1.39. The van der Waals surface area contributed by atoms with Crippen molar-refractivity contribution in [2.24, 2.45) is 0 Å². The van der Waals surface area contributed by atoms with Crippen LogP contribution in [0, 0.1) is 6.92 Å². The third kappa shape index (κ3) is 5.30. The number of hydrogen-bond donors (Lipinski definition) is 1. The number of carbonyl (C=O) groups is 3. The molecule has 30 heavy (non-hydrogen) atoms. The van der Waals surface area contributed by atoms with E-state index >= 15 is 0 Å². The Morgan fingerprint density at radius 2 is 1.80 bits per heavy atom. The number of amides is 1. The highest BCUT2D eigenvalue weighted by Gasteiger charge is 2.20. The second-order valence-corrected chi connectivity index (χ2v) is 7.30. The minimum absolute atomic E-state index is 0.215. The zero-order chi connectivity index (χ0) is 21.5. The van der Waals surface area contributed by atoms with Crippen molar-refractivity contribution in [2.45, 2.75) is 13.8 Å². The molecular formula is C22H20N2O5S. The highest BCUT2D eigenvalue weighted by atomic mass is 32.1. The fourth-order valence-corrected chi connectivity index (χ4v) is 3.58. The maximum atomic E-state index is 12.3. The Labute approximate surface area is 177 Å². The first kappa shape index (κ1) is 21.2. The summed E-state index contributed by atoms with van der Waals surface area (Å²) in [4.78, 5) is 41.8. The second kappa shape index (κ2) is 9.80. The normalized spacial score (nSPS) is 10.3. The van der Waals surface area contributed by atoms with Gasteiger partial charge in [0.1, 0.15) is 4.88 Å². The van der Waals surface area contributed by atoms with Crippen LogP contribution < -0.4 is 5.32 Å². The van der Waals surface area contributed by atoms with Crippen molar-refractivity contribution >= 4 is 34.9 Å². The van der Waals surface area contributed by atoms with E-state index in [-0.39, 0.29) is 17.0 Å². The fourth-order valence-electron chi connectivity index (χ4n) is 2.57. The Morgan fingerprint density at radius 1 is 1.03 bits per heavy atom. The van der Waals surface area contributed by atoms with Gasteiger partial charge in [0.05, 0.1) is 17.9 Å². The molecule has 1 N–H and O–H groups in total. The first-order valence-corrected chi connectivity index (χ1v) is 10.1. The van der Waals surface area contributed by atoms with Gasteiger partial charge in [-0.25, -0.2) is 9.59 Å². The number of thiophene rings is 1. The monoisotopic (exact) mass is 424 g/mol. The largest absolute Gasteiger partial charge is 0.462 e. The van der Waals surface area contributed by atoms with Gasteiger partial charge in [-0.3, -0.25) is 9.78 Å². The number of carbonyl (C=O) groups excluding carboxylic acids is 3. The average Bonchev–Trinajstić information content (AvgIpc) is 3.17. The molecule has 0 atom stereocenters. The van der Waals surface area contributed by atoms with Gasteiger partial charge in [0.2, 0.25) is 0 Å².